The predicted molar refractivity (Wildman–Crippen MR) is 86.1 cm³/mol. The average Bonchev–Trinajstić information content (AvgIpc) is 3.00. The number of aryl methyl sites for hydroxylation is 1. The summed E-state index contributed by atoms with van der Waals surface area (Å²) >= 11 is 0. The van der Waals surface area contributed by atoms with Crippen LogP contribution in [0.3, 0.4) is 0 Å². The second-order valence-electron chi connectivity index (χ2n) is 6.67. The molecule has 1 saturated heterocycles. The largest absolute Gasteiger partial charge is 0.481 e. The molecule has 138 valence electrons. The zero-order chi connectivity index (χ0) is 18.8. The molecule has 7 heteroatoms. The fourth-order valence-electron chi connectivity index (χ4n) is 3.23. The minimum absolute atomic E-state index is 0.0765. The highest BCUT2D eigenvalue weighted by atomic mass is 19.4. The van der Waals surface area contributed by atoms with Crippen molar-refractivity contribution < 1.29 is 27.9 Å². The smallest absolute Gasteiger partial charge is 0.406 e. The van der Waals surface area contributed by atoms with Gasteiger partial charge in [0.05, 0.1) is 0 Å². The molecule has 0 bridgehead atoms. The minimum atomic E-state index is -4.88. The van der Waals surface area contributed by atoms with Crippen molar-refractivity contribution in [2.75, 3.05) is 13.1 Å². The first kappa shape index (κ1) is 19.3. The maximum atomic E-state index is 13.2. The quantitative estimate of drug-likeness (QED) is 0.873. The molecule has 1 N–H and O–H groups in total. The number of carboxylic acids is 1. The van der Waals surface area contributed by atoms with Crippen LogP contribution in [0.5, 0.6) is 0 Å². The average molecular weight is 357 g/mol. The Bertz CT molecular complexity index is 642. The number of carbonyl (C=O) groups excluding carboxylic acids is 1. The van der Waals surface area contributed by atoms with E-state index >= 15 is 0 Å². The van der Waals surface area contributed by atoms with Crippen molar-refractivity contribution in [3.05, 3.63) is 35.4 Å². The van der Waals surface area contributed by atoms with Gasteiger partial charge in [0.15, 0.2) is 5.41 Å². The van der Waals surface area contributed by atoms with Gasteiger partial charge in [0.2, 0.25) is 5.91 Å². The van der Waals surface area contributed by atoms with Crippen LogP contribution < -0.4 is 0 Å². The Morgan fingerprint density at radius 1 is 1.28 bits per heavy atom. The number of benzene rings is 1. The summed E-state index contributed by atoms with van der Waals surface area (Å²) in [5.74, 6) is -2.44. The van der Waals surface area contributed by atoms with Gasteiger partial charge in [-0.2, -0.15) is 13.2 Å². The maximum Gasteiger partial charge on any atom is 0.406 e. The predicted octanol–water partition coefficient (Wildman–Crippen LogP) is 3.74. The highest BCUT2D eigenvalue weighted by Crippen LogP contribution is 2.46. The van der Waals surface area contributed by atoms with Gasteiger partial charge in [-0.25, -0.2) is 0 Å². The lowest BCUT2D eigenvalue weighted by molar-refractivity contribution is -0.227. The molecule has 1 amide bonds. The zero-order valence-electron chi connectivity index (χ0n) is 14.3. The number of carboxylic acid groups (broad SMARTS) is 1. The van der Waals surface area contributed by atoms with E-state index in [-0.39, 0.29) is 18.9 Å². The van der Waals surface area contributed by atoms with E-state index in [9.17, 15) is 22.8 Å². The summed E-state index contributed by atoms with van der Waals surface area (Å²) < 4.78 is 39.6. The van der Waals surface area contributed by atoms with Crippen LogP contribution in [0.15, 0.2) is 24.3 Å². The molecule has 0 spiro atoms. The van der Waals surface area contributed by atoms with Gasteiger partial charge in [0.1, 0.15) is 0 Å². The molecular formula is C18H22F3NO3. The third-order valence-corrected chi connectivity index (χ3v) is 5.04. The Morgan fingerprint density at radius 3 is 2.32 bits per heavy atom. The molecule has 25 heavy (non-hydrogen) atoms. The maximum absolute atomic E-state index is 13.2. The first-order valence-corrected chi connectivity index (χ1v) is 8.25. The molecule has 0 aliphatic carbocycles. The second kappa shape index (κ2) is 7.06. The Labute approximate surface area is 144 Å². The molecule has 2 rings (SSSR count). The summed E-state index contributed by atoms with van der Waals surface area (Å²) in [6.07, 6.45) is -4.73. The van der Waals surface area contributed by atoms with Crippen LogP contribution >= 0.6 is 0 Å². The first-order valence-electron chi connectivity index (χ1n) is 8.25. The van der Waals surface area contributed by atoms with Gasteiger partial charge in [-0.1, -0.05) is 36.8 Å². The number of amides is 1. The molecular weight excluding hydrogens is 335 g/mol. The summed E-state index contributed by atoms with van der Waals surface area (Å²) in [5.41, 5.74) is -0.810. The second-order valence-corrected chi connectivity index (χ2v) is 6.67. The summed E-state index contributed by atoms with van der Waals surface area (Å²) in [4.78, 5) is 24.7. The van der Waals surface area contributed by atoms with E-state index in [1.165, 1.54) is 0 Å². The van der Waals surface area contributed by atoms with E-state index in [1.807, 2.05) is 38.1 Å². The van der Waals surface area contributed by atoms with Crippen molar-refractivity contribution in [3.63, 3.8) is 0 Å². The topological polar surface area (TPSA) is 57.6 Å². The molecule has 1 heterocycles. The van der Waals surface area contributed by atoms with E-state index in [4.69, 9.17) is 5.11 Å². The number of likely N-dealkylation sites (tertiary alicyclic amines) is 1. The van der Waals surface area contributed by atoms with Gasteiger partial charge in [-0.3, -0.25) is 9.59 Å². The molecule has 2 unspecified atom stereocenters. The fourth-order valence-corrected chi connectivity index (χ4v) is 3.23. The summed E-state index contributed by atoms with van der Waals surface area (Å²) in [7, 11) is 0. The Balaban J connectivity index is 2.11. The minimum Gasteiger partial charge on any atom is -0.481 e. The standard InChI is InChI=1S/C18H22F3NO3/c1-3-13(14-6-4-12(2)5-7-14)10-15(23)22-9-8-17(11-22,16(24)25)18(19,20)21/h4-7,13H,3,8-11H2,1-2H3,(H,24,25). The van der Waals surface area contributed by atoms with E-state index < -0.39 is 36.4 Å². The highest BCUT2D eigenvalue weighted by molar-refractivity contribution is 5.81. The van der Waals surface area contributed by atoms with Crippen molar-refractivity contribution in [2.45, 2.75) is 45.2 Å². The van der Waals surface area contributed by atoms with Crippen molar-refractivity contribution in [1.29, 1.82) is 0 Å². The van der Waals surface area contributed by atoms with Crippen molar-refractivity contribution in [3.8, 4) is 0 Å². The van der Waals surface area contributed by atoms with Crippen LogP contribution in [-0.2, 0) is 9.59 Å². The van der Waals surface area contributed by atoms with E-state index in [0.717, 1.165) is 16.0 Å². The molecule has 1 fully saturated rings. The highest BCUT2D eigenvalue weighted by Gasteiger charge is 2.64. The Hall–Kier alpha value is -2.05. The van der Waals surface area contributed by atoms with Crippen LogP contribution in [0.1, 0.15) is 43.2 Å². The number of aliphatic carboxylic acids is 1. The van der Waals surface area contributed by atoms with Gasteiger partial charge >= 0.3 is 12.1 Å². The lowest BCUT2D eigenvalue weighted by Crippen LogP contribution is -2.47. The molecule has 2 atom stereocenters. The number of alkyl halides is 3. The molecule has 1 aliphatic rings. The van der Waals surface area contributed by atoms with Gasteiger partial charge in [-0.15, -0.1) is 0 Å². The third-order valence-electron chi connectivity index (χ3n) is 5.04. The lowest BCUT2D eigenvalue weighted by Gasteiger charge is -2.27. The van der Waals surface area contributed by atoms with Gasteiger partial charge in [0.25, 0.3) is 0 Å². The van der Waals surface area contributed by atoms with Crippen LogP contribution in [0.4, 0.5) is 13.2 Å². The van der Waals surface area contributed by atoms with Crippen molar-refractivity contribution in [1.82, 2.24) is 4.90 Å². The van der Waals surface area contributed by atoms with Gasteiger partial charge < -0.3 is 10.0 Å². The normalized spacial score (nSPS) is 22.0. The van der Waals surface area contributed by atoms with Crippen LogP contribution in [0.2, 0.25) is 0 Å². The van der Waals surface area contributed by atoms with E-state index in [2.05, 4.69) is 0 Å². The SMILES string of the molecule is CCC(CC(=O)N1CCC(C(=O)O)(C(F)(F)F)C1)c1ccc(C)cc1. The number of nitrogens with zero attached hydrogens (tertiary/aromatic N) is 1. The molecule has 0 saturated carbocycles. The van der Waals surface area contributed by atoms with E-state index in [1.54, 1.807) is 0 Å². The zero-order valence-corrected chi connectivity index (χ0v) is 14.3. The number of hydrogen-bond acceptors (Lipinski definition) is 2. The fraction of sp³-hybridized carbons (Fsp3) is 0.556. The molecule has 1 aliphatic heterocycles. The summed E-state index contributed by atoms with van der Waals surface area (Å²) in [5, 5.41) is 9.07. The number of hydrogen-bond donors (Lipinski definition) is 1. The first-order chi connectivity index (χ1) is 11.6. The van der Waals surface area contributed by atoms with E-state index in [0.29, 0.717) is 6.42 Å². The number of rotatable bonds is 5. The lowest BCUT2D eigenvalue weighted by atomic mass is 9.86. The van der Waals surface area contributed by atoms with Crippen molar-refractivity contribution in [2.24, 2.45) is 5.41 Å². The third kappa shape index (κ3) is 3.80. The molecule has 1 aromatic rings. The summed E-state index contributed by atoms with van der Waals surface area (Å²) in [6, 6.07) is 7.69. The number of carbonyl (C=O) groups is 2. The van der Waals surface area contributed by atoms with Crippen molar-refractivity contribution >= 4 is 11.9 Å². The molecule has 0 aromatic heterocycles. The van der Waals surface area contributed by atoms with Gasteiger partial charge in [0, 0.05) is 19.5 Å². The Kier molecular flexibility index (Phi) is 5.44. The monoisotopic (exact) mass is 357 g/mol. The van der Waals surface area contributed by atoms with Gasteiger partial charge in [-0.05, 0) is 31.2 Å². The summed E-state index contributed by atoms with van der Waals surface area (Å²) in [6.45, 7) is 2.87. The molecule has 4 nitrogen and oxygen atoms in total. The van der Waals surface area contributed by atoms with Crippen LogP contribution in [-0.4, -0.2) is 41.1 Å². The Morgan fingerprint density at radius 2 is 1.88 bits per heavy atom. The van der Waals surface area contributed by atoms with Crippen LogP contribution in [0, 0.1) is 12.3 Å². The molecule has 0 radical (unpaired) electrons. The van der Waals surface area contributed by atoms with Crippen LogP contribution in [0.25, 0.3) is 0 Å². The molecule has 1 aromatic carbocycles. The number of halogens is 3.